The van der Waals surface area contributed by atoms with E-state index < -0.39 is 0 Å². The summed E-state index contributed by atoms with van der Waals surface area (Å²) >= 11 is 0. The average Bonchev–Trinajstić information content (AvgIpc) is 2.38. The molecule has 1 N–H and O–H groups in total. The van der Waals surface area contributed by atoms with Crippen molar-refractivity contribution in [2.24, 2.45) is 4.99 Å². The summed E-state index contributed by atoms with van der Waals surface area (Å²) in [6.07, 6.45) is 0. The van der Waals surface area contributed by atoms with Gasteiger partial charge in [-0.15, -0.1) is 0 Å². The fourth-order valence-electron chi connectivity index (χ4n) is 1.75. The molecule has 0 unspecified atom stereocenters. The van der Waals surface area contributed by atoms with Crippen molar-refractivity contribution in [3.8, 4) is 0 Å². The minimum Gasteiger partial charge on any atom is -0.355 e. The molecule has 0 aliphatic carbocycles. The highest BCUT2D eigenvalue weighted by Crippen LogP contribution is 2.06. The van der Waals surface area contributed by atoms with Crippen LogP contribution in [0.5, 0.6) is 0 Å². The summed E-state index contributed by atoms with van der Waals surface area (Å²) in [6, 6.07) is 7.48. The van der Waals surface area contributed by atoms with E-state index in [1.54, 1.807) is 7.05 Å². The van der Waals surface area contributed by atoms with Crippen LogP contribution in [0.25, 0.3) is 0 Å². The summed E-state index contributed by atoms with van der Waals surface area (Å²) in [5.74, 6) is 0.840. The smallest absolute Gasteiger partial charge is 0.251 e. The van der Waals surface area contributed by atoms with Crippen LogP contribution >= 0.6 is 0 Å². The van der Waals surface area contributed by atoms with E-state index in [2.05, 4.69) is 10.3 Å². The van der Waals surface area contributed by atoms with Crippen LogP contribution in [0.4, 0.5) is 0 Å². The summed E-state index contributed by atoms with van der Waals surface area (Å²) in [6.45, 7) is 0.597. The average molecular weight is 262 g/mol. The van der Waals surface area contributed by atoms with Crippen molar-refractivity contribution < 1.29 is 4.79 Å². The topological polar surface area (TPSA) is 47.9 Å². The maximum Gasteiger partial charge on any atom is 0.251 e. The van der Waals surface area contributed by atoms with Crippen LogP contribution < -0.4 is 5.32 Å². The zero-order valence-electron chi connectivity index (χ0n) is 12.3. The molecule has 5 nitrogen and oxygen atoms in total. The van der Waals surface area contributed by atoms with Crippen molar-refractivity contribution in [3.05, 3.63) is 35.4 Å². The zero-order chi connectivity index (χ0) is 14.4. The number of carbonyl (C=O) groups is 1. The highest BCUT2D eigenvalue weighted by molar-refractivity contribution is 5.93. The van der Waals surface area contributed by atoms with E-state index >= 15 is 0 Å². The maximum absolute atomic E-state index is 11.4. The van der Waals surface area contributed by atoms with Crippen LogP contribution in [0.15, 0.2) is 29.3 Å². The van der Waals surface area contributed by atoms with Gasteiger partial charge in [-0.2, -0.15) is 0 Å². The molecule has 1 amide bonds. The van der Waals surface area contributed by atoms with E-state index in [1.807, 2.05) is 62.3 Å². The molecule has 0 saturated heterocycles. The second-order valence-electron chi connectivity index (χ2n) is 4.68. The maximum atomic E-state index is 11.4. The van der Waals surface area contributed by atoms with E-state index in [0.717, 1.165) is 11.5 Å². The van der Waals surface area contributed by atoms with E-state index in [9.17, 15) is 4.79 Å². The summed E-state index contributed by atoms with van der Waals surface area (Å²) < 4.78 is 0. The summed E-state index contributed by atoms with van der Waals surface area (Å²) in [7, 11) is 9.49. The Kier molecular flexibility index (Phi) is 5.36. The third-order valence-corrected chi connectivity index (χ3v) is 2.65. The predicted molar refractivity (Wildman–Crippen MR) is 78.3 cm³/mol. The molecule has 0 aliphatic rings. The Morgan fingerprint density at radius 1 is 1.11 bits per heavy atom. The fraction of sp³-hybridized carbons (Fsp3) is 0.429. The van der Waals surface area contributed by atoms with Crippen molar-refractivity contribution in [1.29, 1.82) is 0 Å². The predicted octanol–water partition coefficient (Wildman–Crippen LogP) is 1.03. The first-order chi connectivity index (χ1) is 8.95. The lowest BCUT2D eigenvalue weighted by atomic mass is 10.1. The molecule has 19 heavy (non-hydrogen) atoms. The third-order valence-electron chi connectivity index (χ3n) is 2.65. The Hall–Kier alpha value is -2.04. The monoisotopic (exact) mass is 262 g/mol. The number of aliphatic imine (C=N–C) groups is 1. The van der Waals surface area contributed by atoms with Crippen molar-refractivity contribution in [1.82, 2.24) is 15.1 Å². The molecule has 0 saturated carbocycles. The Morgan fingerprint density at radius 3 is 2.05 bits per heavy atom. The van der Waals surface area contributed by atoms with Gasteiger partial charge in [-0.05, 0) is 17.7 Å². The van der Waals surface area contributed by atoms with Gasteiger partial charge in [0.15, 0.2) is 5.96 Å². The number of hydrogen-bond donors (Lipinski definition) is 1. The molecule has 0 radical (unpaired) electrons. The van der Waals surface area contributed by atoms with Gasteiger partial charge in [0.25, 0.3) is 5.91 Å². The Bertz CT molecular complexity index is 439. The molecule has 0 aliphatic heterocycles. The zero-order valence-corrected chi connectivity index (χ0v) is 12.3. The molecule has 0 fully saturated rings. The number of rotatable bonds is 3. The minimum absolute atomic E-state index is 0.0719. The van der Waals surface area contributed by atoms with Crippen LogP contribution in [-0.4, -0.2) is 56.9 Å². The SMILES string of the molecule is CNC(=O)c1ccc(CN=C(N(C)C)N(C)C)cc1. The van der Waals surface area contributed by atoms with Gasteiger partial charge in [-0.25, -0.2) is 4.99 Å². The van der Waals surface area contributed by atoms with Crippen molar-refractivity contribution in [3.63, 3.8) is 0 Å². The normalized spacial score (nSPS) is 9.74. The van der Waals surface area contributed by atoms with E-state index in [-0.39, 0.29) is 5.91 Å². The molecular weight excluding hydrogens is 240 g/mol. The number of amides is 1. The Balaban J connectivity index is 2.78. The van der Waals surface area contributed by atoms with Gasteiger partial charge in [0.05, 0.1) is 6.54 Å². The van der Waals surface area contributed by atoms with Gasteiger partial charge in [0, 0.05) is 40.8 Å². The molecule has 1 aromatic rings. The fourth-order valence-corrected chi connectivity index (χ4v) is 1.75. The molecule has 1 aromatic carbocycles. The highest BCUT2D eigenvalue weighted by atomic mass is 16.1. The van der Waals surface area contributed by atoms with Crippen LogP contribution in [0.2, 0.25) is 0 Å². The number of benzene rings is 1. The van der Waals surface area contributed by atoms with E-state index in [4.69, 9.17) is 0 Å². The molecular formula is C14H22N4O. The lowest BCUT2D eigenvalue weighted by Gasteiger charge is -2.22. The second-order valence-corrected chi connectivity index (χ2v) is 4.68. The summed E-state index contributed by atoms with van der Waals surface area (Å²) in [4.78, 5) is 19.9. The molecule has 1 rings (SSSR count). The lowest BCUT2D eigenvalue weighted by Crippen LogP contribution is -2.35. The summed E-state index contributed by atoms with van der Waals surface area (Å²) in [5, 5.41) is 2.60. The molecule has 5 heteroatoms. The van der Waals surface area contributed by atoms with E-state index in [0.29, 0.717) is 12.1 Å². The molecule has 0 spiro atoms. The standard InChI is InChI=1S/C14H22N4O/c1-15-13(19)12-8-6-11(7-9-12)10-16-14(17(2)3)18(4)5/h6-9H,10H2,1-5H3,(H,15,19). The first kappa shape index (κ1) is 15.0. The van der Waals surface area contributed by atoms with Crippen LogP contribution in [0.3, 0.4) is 0 Å². The Morgan fingerprint density at radius 2 is 1.63 bits per heavy atom. The van der Waals surface area contributed by atoms with Gasteiger partial charge in [-0.1, -0.05) is 12.1 Å². The van der Waals surface area contributed by atoms with Crippen LogP contribution in [-0.2, 0) is 6.54 Å². The first-order valence-corrected chi connectivity index (χ1v) is 6.15. The minimum atomic E-state index is -0.0719. The van der Waals surface area contributed by atoms with Gasteiger partial charge in [-0.3, -0.25) is 4.79 Å². The number of carbonyl (C=O) groups excluding carboxylic acids is 1. The number of nitrogens with zero attached hydrogens (tertiary/aromatic N) is 3. The summed E-state index contributed by atoms with van der Waals surface area (Å²) in [5.41, 5.74) is 1.74. The Labute approximate surface area is 114 Å². The van der Waals surface area contributed by atoms with Crippen molar-refractivity contribution in [2.75, 3.05) is 35.2 Å². The van der Waals surface area contributed by atoms with Crippen molar-refractivity contribution >= 4 is 11.9 Å². The van der Waals surface area contributed by atoms with Gasteiger partial charge in [0.2, 0.25) is 0 Å². The quantitative estimate of drug-likeness (QED) is 0.653. The number of nitrogens with one attached hydrogen (secondary N) is 1. The molecule has 0 bridgehead atoms. The first-order valence-electron chi connectivity index (χ1n) is 6.15. The molecule has 104 valence electrons. The van der Waals surface area contributed by atoms with Crippen LogP contribution in [0.1, 0.15) is 15.9 Å². The largest absolute Gasteiger partial charge is 0.355 e. The second kappa shape index (κ2) is 6.78. The van der Waals surface area contributed by atoms with E-state index in [1.165, 1.54) is 0 Å². The number of guanidine groups is 1. The lowest BCUT2D eigenvalue weighted by molar-refractivity contribution is 0.0963. The molecule has 0 heterocycles. The highest BCUT2D eigenvalue weighted by Gasteiger charge is 2.05. The van der Waals surface area contributed by atoms with Gasteiger partial charge >= 0.3 is 0 Å². The van der Waals surface area contributed by atoms with Crippen molar-refractivity contribution in [2.45, 2.75) is 6.54 Å². The molecule has 0 aromatic heterocycles. The number of hydrogen-bond acceptors (Lipinski definition) is 2. The van der Waals surface area contributed by atoms with Gasteiger partial charge < -0.3 is 15.1 Å². The van der Waals surface area contributed by atoms with Gasteiger partial charge in [0.1, 0.15) is 0 Å². The van der Waals surface area contributed by atoms with Crippen LogP contribution in [0, 0.1) is 0 Å². The molecule has 0 atom stereocenters. The third kappa shape index (κ3) is 4.28.